The van der Waals surface area contributed by atoms with E-state index >= 15 is 0 Å². The van der Waals surface area contributed by atoms with Gasteiger partial charge in [0.05, 0.1) is 0 Å². The molecule has 1 aliphatic rings. The second-order valence-corrected chi connectivity index (χ2v) is 7.31. The van der Waals surface area contributed by atoms with Gasteiger partial charge in [-0.15, -0.1) is 24.0 Å². The number of aliphatic imine (C=N–C) groups is 1. The van der Waals surface area contributed by atoms with Crippen LogP contribution >= 0.6 is 24.0 Å². The Hall–Kier alpha value is -0.0400. The van der Waals surface area contributed by atoms with Crippen LogP contribution in [0, 0.1) is 11.3 Å². The Labute approximate surface area is 154 Å². The van der Waals surface area contributed by atoms with Crippen molar-refractivity contribution in [2.75, 3.05) is 39.9 Å². The summed E-state index contributed by atoms with van der Waals surface area (Å²) in [6.45, 7) is 13.7. The number of halogens is 1. The van der Waals surface area contributed by atoms with Gasteiger partial charge in [-0.1, -0.05) is 20.8 Å². The minimum absolute atomic E-state index is 0. The molecule has 1 heterocycles. The van der Waals surface area contributed by atoms with Crippen LogP contribution in [0.5, 0.6) is 0 Å². The molecule has 0 aromatic rings. The molecule has 1 N–H and O–H groups in total. The van der Waals surface area contributed by atoms with Gasteiger partial charge >= 0.3 is 0 Å². The van der Waals surface area contributed by atoms with Gasteiger partial charge in [-0.3, -0.25) is 4.99 Å². The van der Waals surface area contributed by atoms with Crippen LogP contribution in [0.25, 0.3) is 0 Å². The molecular formula is C17H36IN3O. The Morgan fingerprint density at radius 2 is 1.91 bits per heavy atom. The van der Waals surface area contributed by atoms with Gasteiger partial charge in [0.25, 0.3) is 0 Å². The number of ether oxygens (including phenoxy) is 1. The van der Waals surface area contributed by atoms with E-state index in [0.29, 0.717) is 5.41 Å². The minimum Gasteiger partial charge on any atom is -0.381 e. The normalized spacial score (nSPS) is 17.0. The molecule has 0 aromatic heterocycles. The summed E-state index contributed by atoms with van der Waals surface area (Å²) >= 11 is 0. The fourth-order valence-electron chi connectivity index (χ4n) is 2.48. The second-order valence-electron chi connectivity index (χ2n) is 7.31. The molecule has 0 aromatic carbocycles. The molecule has 1 aliphatic heterocycles. The minimum atomic E-state index is 0. The molecule has 0 atom stereocenters. The largest absolute Gasteiger partial charge is 0.381 e. The molecule has 0 aliphatic carbocycles. The van der Waals surface area contributed by atoms with Gasteiger partial charge in [0.15, 0.2) is 5.96 Å². The molecule has 0 spiro atoms. The molecular weight excluding hydrogens is 389 g/mol. The molecule has 5 heteroatoms. The molecule has 22 heavy (non-hydrogen) atoms. The van der Waals surface area contributed by atoms with Gasteiger partial charge in [-0.25, -0.2) is 0 Å². The predicted molar refractivity (Wildman–Crippen MR) is 106 cm³/mol. The molecule has 0 radical (unpaired) electrons. The third kappa shape index (κ3) is 9.87. The first-order valence-corrected chi connectivity index (χ1v) is 8.49. The van der Waals surface area contributed by atoms with Crippen molar-refractivity contribution in [3.8, 4) is 0 Å². The van der Waals surface area contributed by atoms with E-state index in [0.717, 1.165) is 51.1 Å². The smallest absolute Gasteiger partial charge is 0.193 e. The number of hydrogen-bond acceptors (Lipinski definition) is 2. The van der Waals surface area contributed by atoms with E-state index in [2.05, 4.69) is 45.0 Å². The first kappa shape index (κ1) is 22.0. The third-order valence-electron chi connectivity index (χ3n) is 4.03. The maximum absolute atomic E-state index is 5.43. The monoisotopic (exact) mass is 425 g/mol. The SMILES string of the molecule is CCNC(=NCCC(C)(C)C)N(C)CCC1CCOCC1.I. The van der Waals surface area contributed by atoms with Crippen molar-refractivity contribution in [3.63, 3.8) is 0 Å². The van der Waals surface area contributed by atoms with E-state index in [-0.39, 0.29) is 24.0 Å². The quantitative estimate of drug-likeness (QED) is 0.400. The summed E-state index contributed by atoms with van der Waals surface area (Å²) in [6.07, 6.45) is 4.79. The standard InChI is InChI=1S/C17H35N3O.HI/c1-6-18-16(19-11-10-17(2,3)4)20(5)12-7-15-8-13-21-14-9-15;/h15H,6-14H2,1-5H3,(H,18,19);1H. The van der Waals surface area contributed by atoms with Crippen molar-refractivity contribution in [3.05, 3.63) is 0 Å². The molecule has 132 valence electrons. The van der Waals surface area contributed by atoms with Crippen LogP contribution in [0.15, 0.2) is 4.99 Å². The molecule has 0 saturated carbocycles. The maximum atomic E-state index is 5.43. The number of hydrogen-bond donors (Lipinski definition) is 1. The lowest BCUT2D eigenvalue weighted by molar-refractivity contribution is 0.0625. The summed E-state index contributed by atoms with van der Waals surface area (Å²) in [5, 5.41) is 3.41. The van der Waals surface area contributed by atoms with Gasteiger partial charge in [-0.05, 0) is 43.9 Å². The average Bonchev–Trinajstić information content (AvgIpc) is 2.44. The third-order valence-corrected chi connectivity index (χ3v) is 4.03. The molecule has 0 amide bonds. The van der Waals surface area contributed by atoms with Crippen molar-refractivity contribution >= 4 is 29.9 Å². The summed E-state index contributed by atoms with van der Waals surface area (Å²) < 4.78 is 5.43. The van der Waals surface area contributed by atoms with E-state index < -0.39 is 0 Å². The highest BCUT2D eigenvalue weighted by Crippen LogP contribution is 2.19. The van der Waals surface area contributed by atoms with Gasteiger partial charge in [-0.2, -0.15) is 0 Å². The van der Waals surface area contributed by atoms with E-state index in [4.69, 9.17) is 9.73 Å². The predicted octanol–water partition coefficient (Wildman–Crippen LogP) is 3.75. The van der Waals surface area contributed by atoms with Crippen molar-refractivity contribution in [2.45, 2.75) is 53.4 Å². The van der Waals surface area contributed by atoms with Gasteiger partial charge in [0.1, 0.15) is 0 Å². The number of guanidine groups is 1. The van der Waals surface area contributed by atoms with E-state index in [9.17, 15) is 0 Å². The topological polar surface area (TPSA) is 36.9 Å². The van der Waals surface area contributed by atoms with Crippen molar-refractivity contribution in [1.29, 1.82) is 0 Å². The lowest BCUT2D eigenvalue weighted by Gasteiger charge is -2.27. The van der Waals surface area contributed by atoms with Crippen LogP contribution < -0.4 is 5.32 Å². The lowest BCUT2D eigenvalue weighted by atomic mass is 9.92. The summed E-state index contributed by atoms with van der Waals surface area (Å²) in [5.41, 5.74) is 0.349. The Bertz CT molecular complexity index is 310. The van der Waals surface area contributed by atoms with Crippen LogP contribution in [-0.4, -0.2) is 50.8 Å². The Morgan fingerprint density at radius 1 is 1.27 bits per heavy atom. The first-order valence-electron chi connectivity index (χ1n) is 8.49. The molecule has 1 fully saturated rings. The lowest BCUT2D eigenvalue weighted by Crippen LogP contribution is -2.40. The fraction of sp³-hybridized carbons (Fsp3) is 0.941. The van der Waals surface area contributed by atoms with Gasteiger partial charge in [0.2, 0.25) is 0 Å². The van der Waals surface area contributed by atoms with Crippen molar-refractivity contribution in [2.24, 2.45) is 16.3 Å². The molecule has 1 rings (SSSR count). The zero-order chi connectivity index (χ0) is 15.7. The first-order chi connectivity index (χ1) is 9.92. The van der Waals surface area contributed by atoms with Crippen molar-refractivity contribution in [1.82, 2.24) is 10.2 Å². The second kappa shape index (κ2) is 11.5. The Kier molecular flexibility index (Phi) is 11.5. The van der Waals surface area contributed by atoms with Crippen LogP contribution in [-0.2, 0) is 4.74 Å². The summed E-state index contributed by atoms with van der Waals surface area (Å²) in [7, 11) is 2.15. The van der Waals surface area contributed by atoms with Crippen LogP contribution in [0.3, 0.4) is 0 Å². The zero-order valence-corrected chi connectivity index (χ0v) is 17.5. The van der Waals surface area contributed by atoms with E-state index in [1.807, 2.05) is 0 Å². The summed E-state index contributed by atoms with van der Waals surface area (Å²) in [5.74, 6) is 1.87. The summed E-state index contributed by atoms with van der Waals surface area (Å²) in [6, 6.07) is 0. The number of rotatable bonds is 6. The molecule has 0 bridgehead atoms. The number of nitrogens with zero attached hydrogens (tertiary/aromatic N) is 2. The van der Waals surface area contributed by atoms with Crippen molar-refractivity contribution < 1.29 is 4.74 Å². The van der Waals surface area contributed by atoms with E-state index in [1.165, 1.54) is 19.3 Å². The summed E-state index contributed by atoms with van der Waals surface area (Å²) in [4.78, 5) is 7.05. The molecule has 4 nitrogen and oxygen atoms in total. The molecule has 0 unspecified atom stereocenters. The zero-order valence-electron chi connectivity index (χ0n) is 15.2. The van der Waals surface area contributed by atoms with Gasteiger partial charge < -0.3 is 15.0 Å². The number of nitrogens with one attached hydrogen (secondary N) is 1. The maximum Gasteiger partial charge on any atom is 0.193 e. The average molecular weight is 425 g/mol. The van der Waals surface area contributed by atoms with Crippen LogP contribution in [0.2, 0.25) is 0 Å². The highest BCUT2D eigenvalue weighted by Gasteiger charge is 2.15. The Morgan fingerprint density at radius 3 is 2.45 bits per heavy atom. The van der Waals surface area contributed by atoms with E-state index in [1.54, 1.807) is 0 Å². The van der Waals surface area contributed by atoms with Crippen LogP contribution in [0.4, 0.5) is 0 Å². The Balaban J connectivity index is 0.00000441. The highest BCUT2D eigenvalue weighted by molar-refractivity contribution is 14.0. The molecule has 1 saturated heterocycles. The van der Waals surface area contributed by atoms with Crippen LogP contribution in [0.1, 0.15) is 53.4 Å². The highest BCUT2D eigenvalue weighted by atomic mass is 127. The fourth-order valence-corrected chi connectivity index (χ4v) is 2.48. The van der Waals surface area contributed by atoms with Gasteiger partial charge in [0, 0.05) is 39.9 Å².